The molecule has 1 saturated heterocycles. The molecule has 0 aromatic carbocycles. The molecule has 1 aliphatic heterocycles. The molecule has 2 heterocycles. The molecule has 0 radical (unpaired) electrons. The highest BCUT2D eigenvalue weighted by Crippen LogP contribution is 2.41. The van der Waals surface area contributed by atoms with Gasteiger partial charge in [0.15, 0.2) is 6.10 Å². The number of hydrogen-bond donors (Lipinski definition) is 3. The summed E-state index contributed by atoms with van der Waals surface area (Å²) in [5.74, 6) is -4.85. The van der Waals surface area contributed by atoms with Gasteiger partial charge < -0.3 is 24.4 Å². The van der Waals surface area contributed by atoms with Crippen LogP contribution >= 0.6 is 0 Å². The Hall–Kier alpha value is -2.64. The fourth-order valence-electron chi connectivity index (χ4n) is 2.09. The summed E-state index contributed by atoms with van der Waals surface area (Å²) in [7, 11) is 0. The zero-order valence-corrected chi connectivity index (χ0v) is 13.3. The molecule has 26 heavy (non-hydrogen) atoms. The number of hydrogen-bond acceptors (Lipinski definition) is 9. The van der Waals surface area contributed by atoms with E-state index in [0.29, 0.717) is 4.57 Å². The first kappa shape index (κ1) is 19.7. The van der Waals surface area contributed by atoms with Crippen LogP contribution in [0, 0.1) is 0 Å². The lowest BCUT2D eigenvalue weighted by atomic mass is 10.1. The molecular formula is C13H15F2N3O8. The summed E-state index contributed by atoms with van der Waals surface area (Å²) >= 11 is 0. The van der Waals surface area contributed by atoms with Gasteiger partial charge in [-0.05, 0) is 6.07 Å². The number of rotatable bonds is 5. The number of carbonyl (C=O) groups is 2. The highest BCUT2D eigenvalue weighted by molar-refractivity contribution is 5.83. The first-order chi connectivity index (χ1) is 12.2. The molecule has 11 nitrogen and oxygen atoms in total. The summed E-state index contributed by atoms with van der Waals surface area (Å²) < 4.78 is 42.1. The van der Waals surface area contributed by atoms with E-state index in [2.05, 4.69) is 14.5 Å². The number of ether oxygens (including phenoxy) is 3. The van der Waals surface area contributed by atoms with Crippen molar-refractivity contribution in [3.63, 3.8) is 0 Å². The number of aliphatic hydroxyl groups excluding tert-OH is 2. The molecule has 0 saturated carbocycles. The van der Waals surface area contributed by atoms with Crippen LogP contribution < -0.4 is 11.0 Å². The molecule has 1 aliphatic rings. The van der Waals surface area contributed by atoms with E-state index in [1.54, 1.807) is 0 Å². The van der Waals surface area contributed by atoms with Crippen LogP contribution in [-0.2, 0) is 19.0 Å². The topological polar surface area (TPSA) is 149 Å². The lowest BCUT2D eigenvalue weighted by molar-refractivity contribution is -0.148. The van der Waals surface area contributed by atoms with Gasteiger partial charge in [0.2, 0.25) is 13.0 Å². The van der Waals surface area contributed by atoms with Crippen molar-refractivity contribution in [1.82, 2.24) is 9.55 Å². The molecule has 0 bridgehead atoms. The number of anilines is 1. The minimum absolute atomic E-state index is 0.320. The maximum atomic E-state index is 14.0. The van der Waals surface area contributed by atoms with Crippen LogP contribution in [0.15, 0.2) is 17.1 Å². The largest absolute Gasteiger partial charge is 0.428 e. The fourth-order valence-corrected chi connectivity index (χ4v) is 2.09. The second-order valence-electron chi connectivity index (χ2n) is 5.14. The Labute approximate surface area is 144 Å². The third kappa shape index (κ3) is 4.12. The second-order valence-corrected chi connectivity index (χ2v) is 5.14. The summed E-state index contributed by atoms with van der Waals surface area (Å²) in [6.45, 7) is -0.439. The first-order valence-corrected chi connectivity index (χ1v) is 7.15. The number of esters is 1. The van der Waals surface area contributed by atoms with Gasteiger partial charge in [0.25, 0.3) is 0 Å². The van der Waals surface area contributed by atoms with Gasteiger partial charge in [0.05, 0.1) is 6.61 Å². The van der Waals surface area contributed by atoms with Gasteiger partial charge in [-0.1, -0.05) is 0 Å². The lowest BCUT2D eigenvalue weighted by Crippen LogP contribution is -2.41. The Morgan fingerprint density at radius 2 is 2.15 bits per heavy atom. The zero-order chi connectivity index (χ0) is 19.5. The molecule has 3 N–H and O–H groups in total. The Kier molecular flexibility index (Phi) is 5.84. The van der Waals surface area contributed by atoms with Gasteiger partial charge in [0.1, 0.15) is 11.9 Å². The van der Waals surface area contributed by atoms with Gasteiger partial charge in [-0.25, -0.2) is 9.59 Å². The van der Waals surface area contributed by atoms with Crippen molar-refractivity contribution in [2.75, 3.05) is 18.7 Å². The number of halogens is 2. The quantitative estimate of drug-likeness (QED) is 0.441. The molecule has 1 aromatic rings. The van der Waals surface area contributed by atoms with Crippen molar-refractivity contribution in [3.05, 3.63) is 22.7 Å². The summed E-state index contributed by atoms with van der Waals surface area (Å²) in [5.41, 5.74) is -1.21. The monoisotopic (exact) mass is 379 g/mol. The lowest BCUT2D eigenvalue weighted by Gasteiger charge is -2.21. The number of aromatic nitrogens is 2. The molecule has 1 fully saturated rings. The van der Waals surface area contributed by atoms with Gasteiger partial charge >= 0.3 is 23.7 Å². The predicted molar refractivity (Wildman–Crippen MR) is 77.2 cm³/mol. The normalized spacial score (nSPS) is 24.1. The highest BCUT2D eigenvalue weighted by Gasteiger charge is 2.59. The minimum atomic E-state index is -3.85. The smallest absolute Gasteiger partial charge is 0.415 e. The standard InChI is InChI=1S/C13H15F2N3O8/c1-6(20)24-5-25-12(23)17-8-2-3-18(11(22)16-8)10-13(14,15)9(21)7(4-19)26-10/h2-3,7,9-10,19,21H,4-5H2,1H3,(H,16,17,22,23)/t7-,9-,10-/m1/s1. The van der Waals surface area contributed by atoms with Gasteiger partial charge in [-0.2, -0.15) is 13.8 Å². The number of nitrogens with one attached hydrogen (secondary N) is 1. The molecule has 0 aliphatic carbocycles. The minimum Gasteiger partial charge on any atom is -0.428 e. The predicted octanol–water partition coefficient (Wildman–Crippen LogP) is -0.802. The Morgan fingerprint density at radius 1 is 1.46 bits per heavy atom. The summed E-state index contributed by atoms with van der Waals surface area (Å²) in [4.78, 5) is 37.2. The summed E-state index contributed by atoms with van der Waals surface area (Å²) in [5, 5.41) is 20.4. The van der Waals surface area contributed by atoms with E-state index in [1.807, 2.05) is 5.32 Å². The number of carbonyl (C=O) groups excluding carboxylic acids is 2. The highest BCUT2D eigenvalue weighted by atomic mass is 19.3. The van der Waals surface area contributed by atoms with Crippen LogP contribution in [0.25, 0.3) is 0 Å². The molecule has 0 unspecified atom stereocenters. The van der Waals surface area contributed by atoms with E-state index < -0.39 is 55.5 Å². The number of alkyl halides is 2. The fraction of sp³-hybridized carbons (Fsp3) is 0.538. The van der Waals surface area contributed by atoms with Crippen LogP contribution in [0.5, 0.6) is 0 Å². The van der Waals surface area contributed by atoms with Crippen LogP contribution in [0.2, 0.25) is 0 Å². The van der Waals surface area contributed by atoms with Crippen molar-refractivity contribution < 1.29 is 42.8 Å². The van der Waals surface area contributed by atoms with Crippen LogP contribution in [0.4, 0.5) is 19.4 Å². The molecule has 1 amide bonds. The molecule has 3 atom stereocenters. The molecule has 13 heteroatoms. The van der Waals surface area contributed by atoms with E-state index >= 15 is 0 Å². The zero-order valence-electron chi connectivity index (χ0n) is 13.3. The molecule has 2 rings (SSSR count). The van der Waals surface area contributed by atoms with Gasteiger partial charge in [0, 0.05) is 13.1 Å². The maximum absolute atomic E-state index is 14.0. The van der Waals surface area contributed by atoms with Crippen molar-refractivity contribution in [1.29, 1.82) is 0 Å². The van der Waals surface area contributed by atoms with E-state index in [-0.39, 0.29) is 5.82 Å². The summed E-state index contributed by atoms with van der Waals surface area (Å²) in [6, 6.07) is 1.01. The molecule has 1 aromatic heterocycles. The van der Waals surface area contributed by atoms with Crippen LogP contribution in [0.3, 0.4) is 0 Å². The van der Waals surface area contributed by atoms with Crippen LogP contribution in [0.1, 0.15) is 13.2 Å². The SMILES string of the molecule is CC(=O)OCOC(=O)Nc1ccn([C@@H]2O[C@H](CO)[C@@H](O)C2(F)F)c(=O)n1. The third-order valence-electron chi connectivity index (χ3n) is 3.32. The maximum Gasteiger partial charge on any atom is 0.415 e. The van der Waals surface area contributed by atoms with Crippen molar-refractivity contribution in [2.45, 2.75) is 31.3 Å². The number of aliphatic hydroxyl groups is 2. The summed E-state index contributed by atoms with van der Waals surface area (Å²) in [6.07, 6.45) is -6.30. The molecular weight excluding hydrogens is 364 g/mol. The van der Waals surface area contributed by atoms with E-state index in [9.17, 15) is 28.3 Å². The molecule has 0 spiro atoms. The average Bonchev–Trinajstić information content (AvgIpc) is 2.77. The van der Waals surface area contributed by atoms with Crippen molar-refractivity contribution in [2.24, 2.45) is 0 Å². The van der Waals surface area contributed by atoms with Crippen molar-refractivity contribution in [3.8, 4) is 0 Å². The van der Waals surface area contributed by atoms with Gasteiger partial charge in [-0.15, -0.1) is 0 Å². The van der Waals surface area contributed by atoms with E-state index in [4.69, 9.17) is 9.84 Å². The van der Waals surface area contributed by atoms with E-state index in [0.717, 1.165) is 19.2 Å². The molecule has 144 valence electrons. The van der Waals surface area contributed by atoms with E-state index in [1.165, 1.54) is 0 Å². The Bertz CT molecular complexity index is 740. The number of nitrogens with zero attached hydrogens (tertiary/aromatic N) is 2. The second kappa shape index (κ2) is 7.72. The third-order valence-corrected chi connectivity index (χ3v) is 3.32. The average molecular weight is 379 g/mol. The van der Waals surface area contributed by atoms with Crippen molar-refractivity contribution >= 4 is 17.9 Å². The number of amides is 1. The Morgan fingerprint density at radius 3 is 2.69 bits per heavy atom. The van der Waals surface area contributed by atoms with Crippen LogP contribution in [-0.4, -0.2) is 63.4 Å². The Balaban J connectivity index is 2.09. The van der Waals surface area contributed by atoms with Gasteiger partial charge in [-0.3, -0.25) is 14.7 Å². The first-order valence-electron chi connectivity index (χ1n) is 7.15.